The van der Waals surface area contributed by atoms with Crippen LogP contribution in [0.2, 0.25) is 0 Å². The molecule has 0 fully saturated rings. The van der Waals surface area contributed by atoms with Gasteiger partial charge in [-0.05, 0) is 27.7 Å². The molecule has 0 saturated carbocycles. The molecular formula is C10H18MnO5. The van der Waals surface area contributed by atoms with Gasteiger partial charge >= 0.3 is 0 Å². The maximum Gasteiger partial charge on any atom is 0.155 e. The molecule has 1 radical (unpaired) electrons. The maximum atomic E-state index is 10.0. The van der Waals surface area contributed by atoms with Crippen LogP contribution in [0.3, 0.4) is 0 Å². The molecule has 0 atom stereocenters. The molecule has 0 aliphatic heterocycles. The van der Waals surface area contributed by atoms with Crippen LogP contribution in [0.1, 0.15) is 27.7 Å². The minimum Gasteiger partial charge on any atom is -0.512 e. The van der Waals surface area contributed by atoms with Gasteiger partial charge in [-0.25, -0.2) is 0 Å². The summed E-state index contributed by atoms with van der Waals surface area (Å²) in [6, 6.07) is 0. The number of ketones is 2. The van der Waals surface area contributed by atoms with Crippen LogP contribution in [0, 0.1) is 0 Å². The second-order valence-corrected chi connectivity index (χ2v) is 2.79. The Labute approximate surface area is 106 Å². The Morgan fingerprint density at radius 2 is 1.00 bits per heavy atom. The van der Waals surface area contributed by atoms with Gasteiger partial charge in [0.25, 0.3) is 0 Å². The Balaban J connectivity index is -0.0000000800. The van der Waals surface area contributed by atoms with Gasteiger partial charge in [0, 0.05) is 29.2 Å². The van der Waals surface area contributed by atoms with E-state index in [1.807, 2.05) is 0 Å². The smallest absolute Gasteiger partial charge is 0.155 e. The molecule has 0 saturated heterocycles. The summed E-state index contributed by atoms with van der Waals surface area (Å²) < 4.78 is 0. The zero-order chi connectivity index (χ0) is 11.7. The van der Waals surface area contributed by atoms with Gasteiger partial charge in [-0.1, -0.05) is 0 Å². The maximum absolute atomic E-state index is 10.0. The van der Waals surface area contributed by atoms with Crippen molar-refractivity contribution in [3.8, 4) is 0 Å². The molecule has 0 heterocycles. The average Bonchev–Trinajstić information content (AvgIpc) is 1.79. The van der Waals surface area contributed by atoms with Gasteiger partial charge in [0.15, 0.2) is 11.6 Å². The van der Waals surface area contributed by atoms with Gasteiger partial charge < -0.3 is 15.7 Å². The second-order valence-electron chi connectivity index (χ2n) is 2.79. The van der Waals surface area contributed by atoms with Gasteiger partial charge in [0.2, 0.25) is 0 Å². The first kappa shape index (κ1) is 24.2. The summed E-state index contributed by atoms with van der Waals surface area (Å²) in [4.78, 5) is 20.0. The zero-order valence-corrected chi connectivity index (χ0v) is 10.9. The third-order valence-corrected chi connectivity index (χ3v) is 0.824. The van der Waals surface area contributed by atoms with E-state index in [1.165, 1.54) is 39.8 Å². The molecule has 16 heavy (non-hydrogen) atoms. The zero-order valence-electron chi connectivity index (χ0n) is 9.74. The summed E-state index contributed by atoms with van der Waals surface area (Å²) in [5, 5.41) is 16.7. The normalized spacial score (nSPS) is 10.0. The molecule has 0 aromatic carbocycles. The molecule has 0 bridgehead atoms. The van der Waals surface area contributed by atoms with Crippen LogP contribution >= 0.6 is 0 Å². The van der Waals surface area contributed by atoms with E-state index in [0.29, 0.717) is 0 Å². The SMILES string of the molecule is CC(=O)/C=C(/C)O.CC(=O)/C=C(/C)O.O.[Mn]. The molecule has 0 aromatic heterocycles. The number of hydrogen-bond acceptors (Lipinski definition) is 4. The fourth-order valence-electron chi connectivity index (χ4n) is 0.588. The first-order valence-corrected chi connectivity index (χ1v) is 4.01. The topological polar surface area (TPSA) is 106 Å². The Kier molecular flexibility index (Phi) is 21.0. The molecule has 0 amide bonds. The summed E-state index contributed by atoms with van der Waals surface area (Å²) in [7, 11) is 0. The third kappa shape index (κ3) is 38.4. The van der Waals surface area contributed by atoms with Gasteiger partial charge in [0.1, 0.15) is 0 Å². The molecule has 5 nitrogen and oxygen atoms in total. The molecule has 0 spiro atoms. The van der Waals surface area contributed by atoms with E-state index >= 15 is 0 Å². The summed E-state index contributed by atoms with van der Waals surface area (Å²) in [5.41, 5.74) is 0. The molecule has 0 unspecified atom stereocenters. The Hall–Kier alpha value is -1.10. The number of carbonyl (C=O) groups excluding carboxylic acids is 2. The molecule has 4 N–H and O–H groups in total. The van der Waals surface area contributed by atoms with Gasteiger partial charge in [-0.15, -0.1) is 0 Å². The number of hydrogen-bond donors (Lipinski definition) is 2. The van der Waals surface area contributed by atoms with Crippen LogP contribution in [0.25, 0.3) is 0 Å². The van der Waals surface area contributed by atoms with Crippen LogP contribution in [0.5, 0.6) is 0 Å². The minimum absolute atomic E-state index is 0. The predicted molar refractivity (Wildman–Crippen MR) is 57.7 cm³/mol. The average molecular weight is 273 g/mol. The van der Waals surface area contributed by atoms with Crippen LogP contribution in [-0.4, -0.2) is 27.3 Å². The quantitative estimate of drug-likeness (QED) is 0.448. The standard InChI is InChI=1S/2C5H8O2.Mn.H2O/c2*1-4(6)3-5(2)7;;/h2*3,6H,1-2H3;;1H2/b2*4-3-;;. The molecule has 0 aliphatic carbocycles. The Morgan fingerprint density at radius 1 is 0.812 bits per heavy atom. The molecular weight excluding hydrogens is 255 g/mol. The van der Waals surface area contributed by atoms with E-state index in [1.54, 1.807) is 0 Å². The van der Waals surface area contributed by atoms with Crippen molar-refractivity contribution in [2.24, 2.45) is 0 Å². The van der Waals surface area contributed by atoms with Crippen molar-refractivity contribution in [1.82, 2.24) is 0 Å². The number of rotatable bonds is 2. The van der Waals surface area contributed by atoms with Crippen molar-refractivity contribution in [1.29, 1.82) is 0 Å². The first-order chi connectivity index (χ1) is 6.25. The molecule has 95 valence electrons. The fraction of sp³-hybridized carbons (Fsp3) is 0.400. The van der Waals surface area contributed by atoms with E-state index in [0.717, 1.165) is 0 Å². The fourth-order valence-corrected chi connectivity index (χ4v) is 0.588. The molecule has 6 heteroatoms. The van der Waals surface area contributed by atoms with Gasteiger partial charge in [-0.3, -0.25) is 9.59 Å². The van der Waals surface area contributed by atoms with Crippen molar-refractivity contribution in [2.45, 2.75) is 27.7 Å². The molecule has 0 aromatic rings. The largest absolute Gasteiger partial charge is 0.512 e. The van der Waals surface area contributed by atoms with Gasteiger partial charge in [-0.2, -0.15) is 0 Å². The summed E-state index contributed by atoms with van der Waals surface area (Å²) >= 11 is 0. The predicted octanol–water partition coefficient (Wildman–Crippen LogP) is 1.25. The summed E-state index contributed by atoms with van der Waals surface area (Å²) in [6.45, 7) is 5.70. The van der Waals surface area contributed by atoms with E-state index in [2.05, 4.69) is 0 Å². The monoisotopic (exact) mass is 273 g/mol. The van der Waals surface area contributed by atoms with Crippen LogP contribution in [-0.2, 0) is 26.7 Å². The van der Waals surface area contributed by atoms with E-state index in [4.69, 9.17) is 10.2 Å². The minimum atomic E-state index is -0.125. The van der Waals surface area contributed by atoms with E-state index < -0.39 is 0 Å². The van der Waals surface area contributed by atoms with Crippen molar-refractivity contribution in [3.05, 3.63) is 23.7 Å². The number of aliphatic hydroxyl groups excluding tert-OH is 2. The van der Waals surface area contributed by atoms with Crippen molar-refractivity contribution in [3.63, 3.8) is 0 Å². The van der Waals surface area contributed by atoms with Crippen molar-refractivity contribution < 1.29 is 42.3 Å². The van der Waals surface area contributed by atoms with Crippen LogP contribution < -0.4 is 0 Å². The van der Waals surface area contributed by atoms with Crippen molar-refractivity contribution in [2.75, 3.05) is 0 Å². The summed E-state index contributed by atoms with van der Waals surface area (Å²) in [5.74, 6) is -0.125. The number of aliphatic hydroxyl groups is 2. The van der Waals surface area contributed by atoms with E-state index in [9.17, 15) is 9.59 Å². The second kappa shape index (κ2) is 13.9. The molecule has 0 rings (SSSR count). The Morgan fingerprint density at radius 3 is 1.00 bits per heavy atom. The van der Waals surface area contributed by atoms with Gasteiger partial charge in [0.05, 0.1) is 11.5 Å². The first-order valence-electron chi connectivity index (χ1n) is 4.01. The number of carbonyl (C=O) groups is 2. The van der Waals surface area contributed by atoms with Crippen LogP contribution in [0.15, 0.2) is 23.7 Å². The van der Waals surface area contributed by atoms with Crippen molar-refractivity contribution >= 4 is 11.6 Å². The van der Waals surface area contributed by atoms with Crippen LogP contribution in [0.4, 0.5) is 0 Å². The summed E-state index contributed by atoms with van der Waals surface area (Å²) in [6.07, 6.45) is 2.33. The number of allylic oxidation sites excluding steroid dienone is 4. The third-order valence-electron chi connectivity index (χ3n) is 0.824. The molecule has 0 aliphatic rings. The van der Waals surface area contributed by atoms with E-state index in [-0.39, 0.29) is 45.6 Å². The Bertz CT molecular complexity index is 232.